The highest BCUT2D eigenvalue weighted by Gasteiger charge is 2.43. The van der Waals surface area contributed by atoms with E-state index in [4.69, 9.17) is 9.47 Å². The second-order valence-electron chi connectivity index (χ2n) is 5.11. The van der Waals surface area contributed by atoms with E-state index in [1.54, 1.807) is 18.9 Å². The van der Waals surface area contributed by atoms with Crippen molar-refractivity contribution >= 4 is 11.9 Å². The summed E-state index contributed by atoms with van der Waals surface area (Å²) in [7, 11) is 2.92. The summed E-state index contributed by atoms with van der Waals surface area (Å²) in [6.45, 7) is 6.66. The van der Waals surface area contributed by atoms with Crippen LogP contribution in [0.15, 0.2) is 0 Å². The van der Waals surface area contributed by atoms with Crippen molar-refractivity contribution in [3.63, 3.8) is 0 Å². The first-order valence-electron chi connectivity index (χ1n) is 6.32. The number of amides is 1. The Kier molecular flexibility index (Phi) is 4.73. The first-order valence-corrected chi connectivity index (χ1v) is 6.32. The minimum Gasteiger partial charge on any atom is -0.469 e. The smallest absolute Gasteiger partial charge is 0.310 e. The maximum absolute atomic E-state index is 12.4. The lowest BCUT2D eigenvalue weighted by molar-refractivity contribution is -0.153. The van der Waals surface area contributed by atoms with Crippen LogP contribution < -0.4 is 0 Å². The molecule has 0 aromatic carbocycles. The van der Waals surface area contributed by atoms with Crippen molar-refractivity contribution in [3.8, 4) is 0 Å². The van der Waals surface area contributed by atoms with E-state index in [0.29, 0.717) is 19.5 Å². The third-order valence-electron chi connectivity index (χ3n) is 3.98. The van der Waals surface area contributed by atoms with Crippen LogP contribution in [0.5, 0.6) is 0 Å². The minimum atomic E-state index is -0.801. The number of esters is 1. The van der Waals surface area contributed by atoms with Gasteiger partial charge in [-0.25, -0.2) is 0 Å². The Bertz CT molecular complexity index is 325. The molecule has 1 heterocycles. The molecule has 1 rings (SSSR count). The first kappa shape index (κ1) is 15.0. The van der Waals surface area contributed by atoms with E-state index in [1.807, 2.05) is 13.8 Å². The van der Waals surface area contributed by atoms with Gasteiger partial charge in [-0.2, -0.15) is 0 Å². The van der Waals surface area contributed by atoms with Crippen LogP contribution in [0.25, 0.3) is 0 Å². The lowest BCUT2D eigenvalue weighted by Gasteiger charge is -2.30. The fourth-order valence-corrected chi connectivity index (χ4v) is 2.31. The lowest BCUT2D eigenvalue weighted by Crippen LogP contribution is -2.47. The van der Waals surface area contributed by atoms with E-state index in [9.17, 15) is 9.59 Å². The molecule has 1 aliphatic heterocycles. The first-order chi connectivity index (χ1) is 8.39. The molecule has 1 fully saturated rings. The van der Waals surface area contributed by atoms with Crippen molar-refractivity contribution in [2.75, 3.05) is 27.3 Å². The standard InChI is InChI=1S/C13H23NO4/c1-6-13(3,18-5)12(16)14-7-9(2)10(8-14)11(15)17-4/h9-10H,6-8H2,1-5H3. The van der Waals surface area contributed by atoms with E-state index in [2.05, 4.69) is 0 Å². The Morgan fingerprint density at radius 1 is 1.33 bits per heavy atom. The number of carbonyl (C=O) groups excluding carboxylic acids is 2. The molecule has 5 nitrogen and oxygen atoms in total. The molecule has 3 atom stereocenters. The third kappa shape index (κ3) is 2.66. The Balaban J connectivity index is 2.77. The number of rotatable bonds is 4. The normalized spacial score (nSPS) is 26.8. The van der Waals surface area contributed by atoms with Gasteiger partial charge in [-0.3, -0.25) is 9.59 Å². The number of carbonyl (C=O) groups is 2. The van der Waals surface area contributed by atoms with Gasteiger partial charge >= 0.3 is 5.97 Å². The Hall–Kier alpha value is -1.10. The zero-order valence-corrected chi connectivity index (χ0v) is 11.9. The van der Waals surface area contributed by atoms with Crippen molar-refractivity contribution in [1.82, 2.24) is 4.90 Å². The van der Waals surface area contributed by atoms with Crippen molar-refractivity contribution in [2.45, 2.75) is 32.8 Å². The molecular weight excluding hydrogens is 234 g/mol. The highest BCUT2D eigenvalue weighted by atomic mass is 16.5. The van der Waals surface area contributed by atoms with Gasteiger partial charge in [0.2, 0.25) is 0 Å². The molecule has 0 N–H and O–H groups in total. The summed E-state index contributed by atoms with van der Waals surface area (Å²) < 4.78 is 10.1. The van der Waals surface area contributed by atoms with E-state index >= 15 is 0 Å². The molecule has 0 radical (unpaired) electrons. The van der Waals surface area contributed by atoms with Crippen LogP contribution in [-0.4, -0.2) is 49.7 Å². The van der Waals surface area contributed by atoms with Gasteiger partial charge in [0.25, 0.3) is 5.91 Å². The van der Waals surface area contributed by atoms with Gasteiger partial charge in [-0.05, 0) is 19.3 Å². The van der Waals surface area contributed by atoms with Crippen LogP contribution in [-0.2, 0) is 19.1 Å². The summed E-state index contributed by atoms with van der Waals surface area (Å²) in [5.74, 6) is -0.393. The van der Waals surface area contributed by atoms with Crippen LogP contribution in [0.4, 0.5) is 0 Å². The summed E-state index contributed by atoms with van der Waals surface area (Å²) in [6.07, 6.45) is 0.607. The molecule has 0 aliphatic carbocycles. The van der Waals surface area contributed by atoms with Gasteiger partial charge in [-0.15, -0.1) is 0 Å². The molecule has 0 aromatic rings. The number of hydrogen-bond donors (Lipinski definition) is 0. The molecule has 0 aromatic heterocycles. The molecule has 0 saturated carbocycles. The third-order valence-corrected chi connectivity index (χ3v) is 3.98. The Morgan fingerprint density at radius 2 is 1.94 bits per heavy atom. The Morgan fingerprint density at radius 3 is 2.39 bits per heavy atom. The number of ether oxygens (including phenoxy) is 2. The zero-order valence-electron chi connectivity index (χ0n) is 11.9. The van der Waals surface area contributed by atoms with Gasteiger partial charge in [0.05, 0.1) is 13.0 Å². The molecule has 0 spiro atoms. The second kappa shape index (κ2) is 5.69. The second-order valence-corrected chi connectivity index (χ2v) is 5.11. The molecule has 1 aliphatic rings. The summed E-state index contributed by atoms with van der Waals surface area (Å²) >= 11 is 0. The molecule has 0 bridgehead atoms. The predicted molar refractivity (Wildman–Crippen MR) is 67.0 cm³/mol. The van der Waals surface area contributed by atoms with Crippen molar-refractivity contribution in [3.05, 3.63) is 0 Å². The molecule has 18 heavy (non-hydrogen) atoms. The van der Waals surface area contributed by atoms with Crippen LogP contribution in [0.2, 0.25) is 0 Å². The maximum atomic E-state index is 12.4. The summed E-state index contributed by atoms with van der Waals surface area (Å²) in [6, 6.07) is 0. The molecule has 104 valence electrons. The molecule has 1 amide bonds. The van der Waals surface area contributed by atoms with Crippen LogP contribution in [0.1, 0.15) is 27.2 Å². The van der Waals surface area contributed by atoms with Crippen LogP contribution in [0.3, 0.4) is 0 Å². The van der Waals surface area contributed by atoms with Crippen LogP contribution >= 0.6 is 0 Å². The lowest BCUT2D eigenvalue weighted by atomic mass is 9.99. The summed E-state index contributed by atoms with van der Waals surface area (Å²) in [5, 5.41) is 0. The average Bonchev–Trinajstić information content (AvgIpc) is 2.78. The van der Waals surface area contributed by atoms with Crippen molar-refractivity contribution in [2.24, 2.45) is 11.8 Å². The van der Waals surface area contributed by atoms with E-state index < -0.39 is 5.60 Å². The van der Waals surface area contributed by atoms with Gasteiger partial charge in [0.15, 0.2) is 0 Å². The minimum absolute atomic E-state index is 0.0502. The largest absolute Gasteiger partial charge is 0.469 e. The van der Waals surface area contributed by atoms with Gasteiger partial charge in [0, 0.05) is 20.2 Å². The average molecular weight is 257 g/mol. The van der Waals surface area contributed by atoms with Crippen molar-refractivity contribution < 1.29 is 19.1 Å². The molecule has 1 saturated heterocycles. The fraction of sp³-hybridized carbons (Fsp3) is 0.846. The number of hydrogen-bond acceptors (Lipinski definition) is 4. The van der Waals surface area contributed by atoms with Crippen molar-refractivity contribution in [1.29, 1.82) is 0 Å². The quantitative estimate of drug-likeness (QED) is 0.707. The number of likely N-dealkylation sites (tertiary alicyclic amines) is 1. The molecular formula is C13H23NO4. The summed E-state index contributed by atoms with van der Waals surface area (Å²) in [5.41, 5.74) is -0.801. The van der Waals surface area contributed by atoms with Gasteiger partial charge < -0.3 is 14.4 Å². The SMILES string of the molecule is CCC(C)(OC)C(=O)N1CC(C)C(C(=O)OC)C1. The van der Waals surface area contributed by atoms with Crippen LogP contribution in [0, 0.1) is 11.8 Å². The number of methoxy groups -OCH3 is 2. The fourth-order valence-electron chi connectivity index (χ4n) is 2.31. The highest BCUT2D eigenvalue weighted by Crippen LogP contribution is 2.28. The Labute approximate surface area is 108 Å². The number of nitrogens with zero attached hydrogens (tertiary/aromatic N) is 1. The van der Waals surface area contributed by atoms with E-state index in [-0.39, 0.29) is 23.7 Å². The maximum Gasteiger partial charge on any atom is 0.310 e. The van der Waals surface area contributed by atoms with Gasteiger partial charge in [-0.1, -0.05) is 13.8 Å². The van der Waals surface area contributed by atoms with E-state index in [1.165, 1.54) is 7.11 Å². The van der Waals surface area contributed by atoms with E-state index in [0.717, 1.165) is 0 Å². The topological polar surface area (TPSA) is 55.8 Å². The highest BCUT2D eigenvalue weighted by molar-refractivity contribution is 5.86. The molecule has 3 unspecified atom stereocenters. The summed E-state index contributed by atoms with van der Waals surface area (Å²) in [4.78, 5) is 25.7. The molecule has 5 heteroatoms. The van der Waals surface area contributed by atoms with Gasteiger partial charge in [0.1, 0.15) is 5.60 Å². The zero-order chi connectivity index (χ0) is 13.9. The predicted octanol–water partition coefficient (Wildman–Crippen LogP) is 1.07. The monoisotopic (exact) mass is 257 g/mol.